The van der Waals surface area contributed by atoms with Crippen LogP contribution in [-0.2, 0) is 0 Å². The van der Waals surface area contributed by atoms with Crippen molar-refractivity contribution < 1.29 is 9.72 Å². The van der Waals surface area contributed by atoms with Crippen molar-refractivity contribution in [2.24, 2.45) is 0 Å². The van der Waals surface area contributed by atoms with E-state index in [0.717, 1.165) is 5.13 Å². The van der Waals surface area contributed by atoms with E-state index < -0.39 is 4.92 Å². The zero-order chi connectivity index (χ0) is 15.6. The quantitative estimate of drug-likeness (QED) is 0.474. The summed E-state index contributed by atoms with van der Waals surface area (Å²) in [5.41, 5.74) is -0.0829. The third kappa shape index (κ3) is 3.56. The minimum Gasteiger partial charge on any atom is -0.353 e. The first-order valence-electron chi connectivity index (χ1n) is 5.86. The van der Waals surface area contributed by atoms with Gasteiger partial charge in [-0.25, -0.2) is 0 Å². The van der Waals surface area contributed by atoms with Crippen LogP contribution in [0, 0.1) is 10.1 Å². The molecular weight excluding hydrogens is 312 g/mol. The van der Waals surface area contributed by atoms with Crippen molar-refractivity contribution in [3.8, 4) is 0 Å². The standard InChI is InChI=1S/C12H12N4O3S2/c1-7(17)9-5-4-8(6-10(9)16(18)19)20-12-14-13-11(21-12)15(2)3/h4-6H,1-3H3. The van der Waals surface area contributed by atoms with Crippen molar-refractivity contribution in [3.63, 3.8) is 0 Å². The van der Waals surface area contributed by atoms with Crippen LogP contribution in [0.15, 0.2) is 27.4 Å². The fourth-order valence-electron chi connectivity index (χ4n) is 1.55. The summed E-state index contributed by atoms with van der Waals surface area (Å²) in [6.45, 7) is 1.31. The molecule has 0 fully saturated rings. The molecule has 0 aliphatic heterocycles. The lowest BCUT2D eigenvalue weighted by molar-refractivity contribution is -0.385. The van der Waals surface area contributed by atoms with Crippen LogP contribution in [0.4, 0.5) is 10.8 Å². The van der Waals surface area contributed by atoms with Gasteiger partial charge in [-0.1, -0.05) is 23.1 Å². The van der Waals surface area contributed by atoms with Crippen LogP contribution < -0.4 is 4.90 Å². The van der Waals surface area contributed by atoms with E-state index in [9.17, 15) is 14.9 Å². The third-order valence-corrected chi connectivity index (χ3v) is 4.66. The summed E-state index contributed by atoms with van der Waals surface area (Å²) >= 11 is 2.67. The number of nitro groups is 1. The van der Waals surface area contributed by atoms with E-state index >= 15 is 0 Å². The molecule has 0 unspecified atom stereocenters. The van der Waals surface area contributed by atoms with Crippen LogP contribution in [0.3, 0.4) is 0 Å². The Labute approximate surface area is 129 Å². The van der Waals surface area contributed by atoms with E-state index in [4.69, 9.17) is 0 Å². The molecular formula is C12H12N4O3S2. The number of carbonyl (C=O) groups is 1. The molecule has 21 heavy (non-hydrogen) atoms. The second-order valence-electron chi connectivity index (χ2n) is 4.34. The smallest absolute Gasteiger partial charge is 0.281 e. The molecule has 0 aliphatic rings. The first kappa shape index (κ1) is 15.4. The number of hydrogen-bond donors (Lipinski definition) is 0. The summed E-state index contributed by atoms with van der Waals surface area (Å²) in [7, 11) is 3.73. The van der Waals surface area contributed by atoms with Gasteiger partial charge < -0.3 is 4.90 Å². The van der Waals surface area contributed by atoms with Gasteiger partial charge in [-0.2, -0.15) is 0 Å². The number of Topliss-reactive ketones (excluding diaryl/α,β-unsaturated/α-hetero) is 1. The first-order chi connectivity index (χ1) is 9.88. The monoisotopic (exact) mass is 324 g/mol. The largest absolute Gasteiger partial charge is 0.353 e. The number of rotatable bonds is 5. The molecule has 0 spiro atoms. The van der Waals surface area contributed by atoms with Gasteiger partial charge in [-0.3, -0.25) is 14.9 Å². The Morgan fingerprint density at radius 2 is 2.10 bits per heavy atom. The molecule has 2 aromatic rings. The number of nitro benzene ring substituents is 1. The minimum absolute atomic E-state index is 0.107. The molecule has 0 atom stereocenters. The predicted octanol–water partition coefficient (Wildman–Crippen LogP) is 2.87. The molecule has 7 nitrogen and oxygen atoms in total. The van der Waals surface area contributed by atoms with Gasteiger partial charge in [0.1, 0.15) is 0 Å². The van der Waals surface area contributed by atoms with Crippen LogP contribution in [0.1, 0.15) is 17.3 Å². The van der Waals surface area contributed by atoms with Crippen molar-refractivity contribution in [2.75, 3.05) is 19.0 Å². The average molecular weight is 324 g/mol. The lowest BCUT2D eigenvalue weighted by Crippen LogP contribution is -2.07. The third-order valence-electron chi connectivity index (χ3n) is 2.53. The zero-order valence-electron chi connectivity index (χ0n) is 11.6. The van der Waals surface area contributed by atoms with Crippen molar-refractivity contribution >= 4 is 39.7 Å². The number of anilines is 1. The molecule has 0 N–H and O–H groups in total. The zero-order valence-corrected chi connectivity index (χ0v) is 13.2. The maximum Gasteiger partial charge on any atom is 0.281 e. The molecule has 2 rings (SSSR count). The minimum atomic E-state index is -0.549. The molecule has 0 amide bonds. The van der Waals surface area contributed by atoms with Crippen LogP contribution in [-0.4, -0.2) is 35.0 Å². The van der Waals surface area contributed by atoms with Crippen molar-refractivity contribution in [2.45, 2.75) is 16.2 Å². The predicted molar refractivity (Wildman–Crippen MR) is 81.5 cm³/mol. The molecule has 0 bridgehead atoms. The molecule has 0 saturated heterocycles. The fourth-order valence-corrected chi connectivity index (χ4v) is 3.32. The SMILES string of the molecule is CC(=O)c1ccc(Sc2nnc(N(C)C)s2)cc1[N+](=O)[O-]. The second kappa shape index (κ2) is 6.19. The molecule has 0 aliphatic carbocycles. The van der Waals surface area contributed by atoms with Crippen LogP contribution in [0.2, 0.25) is 0 Å². The molecule has 9 heteroatoms. The van der Waals surface area contributed by atoms with Gasteiger partial charge in [-0.05, 0) is 19.1 Å². The fraction of sp³-hybridized carbons (Fsp3) is 0.250. The molecule has 0 radical (unpaired) electrons. The van der Waals surface area contributed by atoms with Crippen LogP contribution in [0.25, 0.3) is 0 Å². The summed E-state index contributed by atoms with van der Waals surface area (Å²) in [4.78, 5) is 24.4. The van der Waals surface area contributed by atoms with Gasteiger partial charge in [-0.15, -0.1) is 10.2 Å². The summed E-state index contributed by atoms with van der Waals surface area (Å²) in [5.74, 6) is -0.330. The Hall–Kier alpha value is -2.00. The number of hydrogen-bond acceptors (Lipinski definition) is 8. The highest BCUT2D eigenvalue weighted by Gasteiger charge is 2.19. The Balaban J connectivity index is 2.30. The van der Waals surface area contributed by atoms with Crippen LogP contribution >= 0.6 is 23.1 Å². The normalized spacial score (nSPS) is 10.4. The Morgan fingerprint density at radius 1 is 1.38 bits per heavy atom. The molecule has 0 saturated carbocycles. The Kier molecular flexibility index (Phi) is 4.53. The van der Waals surface area contributed by atoms with Crippen LogP contribution in [0.5, 0.6) is 0 Å². The van der Waals surface area contributed by atoms with E-state index in [-0.39, 0.29) is 17.0 Å². The van der Waals surface area contributed by atoms with E-state index in [2.05, 4.69) is 10.2 Å². The number of aromatic nitrogens is 2. The van der Waals surface area contributed by atoms with Gasteiger partial charge in [0, 0.05) is 25.1 Å². The Bertz CT molecular complexity index is 700. The highest BCUT2D eigenvalue weighted by atomic mass is 32.2. The molecule has 110 valence electrons. The van der Waals surface area contributed by atoms with Crippen molar-refractivity contribution in [3.05, 3.63) is 33.9 Å². The highest BCUT2D eigenvalue weighted by Crippen LogP contribution is 2.35. The van der Waals surface area contributed by atoms with Gasteiger partial charge in [0.2, 0.25) is 5.13 Å². The summed E-state index contributed by atoms with van der Waals surface area (Å²) in [6.07, 6.45) is 0. The van der Waals surface area contributed by atoms with Gasteiger partial charge >= 0.3 is 0 Å². The Morgan fingerprint density at radius 3 is 2.62 bits per heavy atom. The van der Waals surface area contributed by atoms with Crippen molar-refractivity contribution in [1.29, 1.82) is 0 Å². The molecule has 1 heterocycles. The number of benzene rings is 1. The summed E-state index contributed by atoms with van der Waals surface area (Å²) in [5, 5.41) is 19.8. The topological polar surface area (TPSA) is 89.2 Å². The lowest BCUT2D eigenvalue weighted by atomic mass is 10.1. The molecule has 1 aromatic carbocycles. The maximum absolute atomic E-state index is 11.4. The molecule has 1 aromatic heterocycles. The maximum atomic E-state index is 11.4. The number of carbonyl (C=O) groups excluding carboxylic acids is 1. The van der Waals surface area contributed by atoms with Gasteiger partial charge in [0.15, 0.2) is 10.1 Å². The number of nitrogens with zero attached hydrogens (tertiary/aromatic N) is 4. The highest BCUT2D eigenvalue weighted by molar-refractivity contribution is 8.01. The lowest BCUT2D eigenvalue weighted by Gasteiger charge is -2.04. The van der Waals surface area contributed by atoms with Gasteiger partial charge in [0.05, 0.1) is 10.5 Å². The van der Waals surface area contributed by atoms with E-state index in [1.807, 2.05) is 19.0 Å². The second-order valence-corrected chi connectivity index (χ2v) is 6.62. The van der Waals surface area contributed by atoms with E-state index in [1.165, 1.54) is 42.2 Å². The van der Waals surface area contributed by atoms with E-state index in [1.54, 1.807) is 6.07 Å². The van der Waals surface area contributed by atoms with Crippen molar-refractivity contribution in [1.82, 2.24) is 10.2 Å². The average Bonchev–Trinajstić information content (AvgIpc) is 2.87. The van der Waals surface area contributed by atoms with E-state index in [0.29, 0.717) is 9.24 Å². The van der Waals surface area contributed by atoms with Gasteiger partial charge in [0.25, 0.3) is 5.69 Å². The number of ketones is 1. The summed E-state index contributed by atoms with van der Waals surface area (Å²) < 4.78 is 0.684. The first-order valence-corrected chi connectivity index (χ1v) is 7.50. The summed E-state index contributed by atoms with van der Waals surface area (Å²) in [6, 6.07) is 4.53.